The molecule has 0 radical (unpaired) electrons. The van der Waals surface area contributed by atoms with Gasteiger partial charge in [-0.1, -0.05) is 56.7 Å². The van der Waals surface area contributed by atoms with Crippen molar-refractivity contribution in [2.45, 2.75) is 46.1 Å². The van der Waals surface area contributed by atoms with E-state index >= 15 is 0 Å². The van der Waals surface area contributed by atoms with Gasteiger partial charge >= 0.3 is 0 Å². The Morgan fingerprint density at radius 1 is 1.08 bits per heavy atom. The molecule has 0 saturated carbocycles. The van der Waals surface area contributed by atoms with Gasteiger partial charge < -0.3 is 14.8 Å². The molecule has 26 heavy (non-hydrogen) atoms. The standard InChI is InChI=1S/C22H29NO3/c1-16-10-12-18(13-11-16)26-17(2)21(24)23-14-15-25-20-9-7-6-8-19(20)22(3,4)5/h6-13,17H,14-15H2,1-5H3,(H,23,24). The molecule has 0 fully saturated rings. The largest absolute Gasteiger partial charge is 0.491 e. The van der Waals surface area contributed by atoms with Crippen molar-refractivity contribution in [3.63, 3.8) is 0 Å². The molecule has 1 unspecified atom stereocenters. The number of hydrogen-bond donors (Lipinski definition) is 1. The molecule has 0 aliphatic carbocycles. The SMILES string of the molecule is Cc1ccc(OC(C)C(=O)NCCOc2ccccc2C(C)(C)C)cc1. The van der Waals surface area contributed by atoms with E-state index in [1.54, 1.807) is 6.92 Å². The predicted octanol–water partition coefficient (Wildman–Crippen LogP) is 4.26. The highest BCUT2D eigenvalue weighted by Gasteiger charge is 2.18. The molecule has 0 spiro atoms. The van der Waals surface area contributed by atoms with E-state index in [-0.39, 0.29) is 11.3 Å². The summed E-state index contributed by atoms with van der Waals surface area (Å²) < 4.78 is 11.5. The van der Waals surface area contributed by atoms with E-state index in [1.807, 2.05) is 49.4 Å². The summed E-state index contributed by atoms with van der Waals surface area (Å²) in [6, 6.07) is 15.7. The average Bonchev–Trinajstić information content (AvgIpc) is 2.60. The van der Waals surface area contributed by atoms with E-state index in [0.29, 0.717) is 18.9 Å². The van der Waals surface area contributed by atoms with E-state index in [2.05, 4.69) is 32.2 Å². The van der Waals surface area contributed by atoms with Crippen LogP contribution in [0.25, 0.3) is 0 Å². The minimum absolute atomic E-state index is 0.0102. The van der Waals surface area contributed by atoms with Crippen molar-refractivity contribution < 1.29 is 14.3 Å². The van der Waals surface area contributed by atoms with Crippen molar-refractivity contribution >= 4 is 5.91 Å². The maximum Gasteiger partial charge on any atom is 0.260 e. The second-order valence-electron chi connectivity index (χ2n) is 7.46. The second-order valence-corrected chi connectivity index (χ2v) is 7.46. The Kier molecular flexibility index (Phi) is 6.67. The molecule has 1 N–H and O–H groups in total. The molecule has 0 saturated heterocycles. The molecule has 4 heteroatoms. The average molecular weight is 355 g/mol. The first-order chi connectivity index (χ1) is 12.3. The van der Waals surface area contributed by atoms with E-state index in [0.717, 1.165) is 16.9 Å². The molecule has 4 nitrogen and oxygen atoms in total. The van der Waals surface area contributed by atoms with Gasteiger partial charge in [0.15, 0.2) is 6.10 Å². The number of rotatable bonds is 7. The summed E-state index contributed by atoms with van der Waals surface area (Å²) >= 11 is 0. The van der Waals surface area contributed by atoms with Crippen LogP contribution in [0.15, 0.2) is 48.5 Å². The molecule has 0 aliphatic rings. The topological polar surface area (TPSA) is 47.6 Å². The first kappa shape index (κ1) is 19.8. The number of hydrogen-bond acceptors (Lipinski definition) is 3. The lowest BCUT2D eigenvalue weighted by Crippen LogP contribution is -2.38. The van der Waals surface area contributed by atoms with Gasteiger partial charge in [0.05, 0.1) is 6.54 Å². The minimum atomic E-state index is -0.556. The Morgan fingerprint density at radius 3 is 2.38 bits per heavy atom. The highest BCUT2D eigenvalue weighted by atomic mass is 16.5. The van der Waals surface area contributed by atoms with Gasteiger partial charge in [-0.05, 0) is 43.0 Å². The van der Waals surface area contributed by atoms with Gasteiger partial charge in [-0.3, -0.25) is 4.79 Å². The molecule has 2 aromatic carbocycles. The Labute approximate surface area is 156 Å². The Balaban J connectivity index is 1.79. The van der Waals surface area contributed by atoms with Crippen molar-refractivity contribution in [2.24, 2.45) is 0 Å². The molecule has 0 aliphatic heterocycles. The molecule has 0 bridgehead atoms. The number of aryl methyl sites for hydroxylation is 1. The monoisotopic (exact) mass is 355 g/mol. The lowest BCUT2D eigenvalue weighted by Gasteiger charge is -2.22. The first-order valence-corrected chi connectivity index (χ1v) is 9.01. The van der Waals surface area contributed by atoms with Gasteiger partial charge in [-0.25, -0.2) is 0 Å². The zero-order valence-corrected chi connectivity index (χ0v) is 16.3. The molecule has 2 aromatic rings. The smallest absolute Gasteiger partial charge is 0.260 e. The van der Waals surface area contributed by atoms with Gasteiger partial charge in [0.2, 0.25) is 0 Å². The van der Waals surface area contributed by atoms with Crippen molar-refractivity contribution in [3.8, 4) is 11.5 Å². The summed E-state index contributed by atoms with van der Waals surface area (Å²) in [4.78, 5) is 12.2. The number of ether oxygens (including phenoxy) is 2. The fourth-order valence-electron chi connectivity index (χ4n) is 2.57. The van der Waals surface area contributed by atoms with Crippen LogP contribution in [0.2, 0.25) is 0 Å². The van der Waals surface area contributed by atoms with Crippen molar-refractivity contribution in [3.05, 3.63) is 59.7 Å². The molecular weight excluding hydrogens is 326 g/mol. The molecule has 1 atom stereocenters. The van der Waals surface area contributed by atoms with E-state index in [4.69, 9.17) is 9.47 Å². The normalized spacial score (nSPS) is 12.3. The number of amides is 1. The Hall–Kier alpha value is -2.49. The van der Waals surface area contributed by atoms with Crippen LogP contribution in [-0.4, -0.2) is 25.2 Å². The third-order valence-electron chi connectivity index (χ3n) is 4.06. The Morgan fingerprint density at radius 2 is 1.73 bits per heavy atom. The number of benzene rings is 2. The van der Waals surface area contributed by atoms with Crippen molar-refractivity contribution in [1.82, 2.24) is 5.32 Å². The number of nitrogens with one attached hydrogen (secondary N) is 1. The summed E-state index contributed by atoms with van der Waals surface area (Å²) in [5.74, 6) is 1.39. The van der Waals surface area contributed by atoms with Crippen molar-refractivity contribution in [2.75, 3.05) is 13.2 Å². The third kappa shape index (κ3) is 5.80. The fraction of sp³-hybridized carbons (Fsp3) is 0.409. The van der Waals surface area contributed by atoms with Gasteiger partial charge in [0.1, 0.15) is 18.1 Å². The highest BCUT2D eigenvalue weighted by molar-refractivity contribution is 5.80. The minimum Gasteiger partial charge on any atom is -0.491 e. The van der Waals surface area contributed by atoms with E-state index in [1.165, 1.54) is 0 Å². The van der Waals surface area contributed by atoms with Gasteiger partial charge in [0, 0.05) is 0 Å². The van der Waals surface area contributed by atoms with Gasteiger partial charge in [-0.2, -0.15) is 0 Å². The van der Waals surface area contributed by atoms with Gasteiger partial charge in [0.25, 0.3) is 5.91 Å². The van der Waals surface area contributed by atoms with E-state index < -0.39 is 6.10 Å². The summed E-state index contributed by atoms with van der Waals surface area (Å²) in [5, 5.41) is 2.85. The van der Waals surface area contributed by atoms with Crippen LogP contribution in [0.4, 0.5) is 0 Å². The lowest BCUT2D eigenvalue weighted by atomic mass is 9.86. The second kappa shape index (κ2) is 8.75. The highest BCUT2D eigenvalue weighted by Crippen LogP contribution is 2.30. The Bertz CT molecular complexity index is 717. The number of carbonyl (C=O) groups excluding carboxylic acids is 1. The quantitative estimate of drug-likeness (QED) is 0.755. The van der Waals surface area contributed by atoms with Crippen molar-refractivity contribution in [1.29, 1.82) is 0 Å². The molecule has 0 aromatic heterocycles. The van der Waals surface area contributed by atoms with Crippen LogP contribution in [0.1, 0.15) is 38.8 Å². The maximum atomic E-state index is 12.2. The van der Waals surface area contributed by atoms with Crippen LogP contribution in [0.3, 0.4) is 0 Å². The number of carbonyl (C=O) groups is 1. The number of para-hydroxylation sites is 1. The van der Waals surface area contributed by atoms with Crippen LogP contribution in [0, 0.1) is 6.92 Å². The third-order valence-corrected chi connectivity index (χ3v) is 4.06. The molecule has 0 heterocycles. The molecular formula is C22H29NO3. The van der Waals surface area contributed by atoms with Crippen LogP contribution in [-0.2, 0) is 10.2 Å². The fourth-order valence-corrected chi connectivity index (χ4v) is 2.57. The molecule has 140 valence electrons. The summed E-state index contributed by atoms with van der Waals surface area (Å²) in [6.07, 6.45) is -0.556. The maximum absolute atomic E-state index is 12.2. The first-order valence-electron chi connectivity index (χ1n) is 9.01. The molecule has 1 amide bonds. The summed E-state index contributed by atoms with van der Waals surface area (Å²) in [6.45, 7) is 11.1. The van der Waals surface area contributed by atoms with Crippen LogP contribution in [0.5, 0.6) is 11.5 Å². The zero-order chi connectivity index (χ0) is 19.2. The van der Waals surface area contributed by atoms with E-state index in [9.17, 15) is 4.79 Å². The van der Waals surface area contributed by atoms with Gasteiger partial charge in [-0.15, -0.1) is 0 Å². The van der Waals surface area contributed by atoms with Crippen LogP contribution >= 0.6 is 0 Å². The predicted molar refractivity (Wildman–Crippen MR) is 105 cm³/mol. The summed E-state index contributed by atoms with van der Waals surface area (Å²) in [7, 11) is 0. The summed E-state index contributed by atoms with van der Waals surface area (Å²) in [5.41, 5.74) is 2.32. The zero-order valence-electron chi connectivity index (χ0n) is 16.3. The molecule has 2 rings (SSSR count). The lowest BCUT2D eigenvalue weighted by molar-refractivity contribution is -0.127. The van der Waals surface area contributed by atoms with Crippen LogP contribution < -0.4 is 14.8 Å².